The van der Waals surface area contributed by atoms with Crippen LogP contribution in [0.15, 0.2) is 30.5 Å². The summed E-state index contributed by atoms with van der Waals surface area (Å²) in [4.78, 5) is 4.23. The molecule has 1 aromatic carbocycles. The van der Waals surface area contributed by atoms with Crippen molar-refractivity contribution < 1.29 is 4.39 Å². The van der Waals surface area contributed by atoms with Gasteiger partial charge in [0, 0.05) is 0 Å². The summed E-state index contributed by atoms with van der Waals surface area (Å²) in [6.45, 7) is 9.22. The average Bonchev–Trinajstić information content (AvgIpc) is 2.42. The van der Waals surface area contributed by atoms with Crippen molar-refractivity contribution in [2.24, 2.45) is 0 Å². The van der Waals surface area contributed by atoms with Gasteiger partial charge in [-0.1, -0.05) is 19.1 Å². The molecule has 0 radical (unpaired) electrons. The Morgan fingerprint density at radius 1 is 1.10 bits per heavy atom. The highest BCUT2D eigenvalue weighted by molar-refractivity contribution is 5.41. The lowest BCUT2D eigenvalue weighted by Crippen LogP contribution is -2.24. The van der Waals surface area contributed by atoms with Crippen molar-refractivity contribution in [3.63, 3.8) is 0 Å². The standard InChI is InChI=1S/C17H21FN2/c1-5-19-17(16-7-6-14(18)10-20-16)15-9-12(3)11(2)8-13(15)4/h6-10,17,19H,5H2,1-4H3. The van der Waals surface area contributed by atoms with Crippen LogP contribution in [-0.4, -0.2) is 11.5 Å². The van der Waals surface area contributed by atoms with Crippen LogP contribution in [-0.2, 0) is 0 Å². The molecule has 2 nitrogen and oxygen atoms in total. The van der Waals surface area contributed by atoms with Crippen molar-refractivity contribution in [3.05, 3.63) is 64.2 Å². The Morgan fingerprint density at radius 2 is 1.80 bits per heavy atom. The number of benzene rings is 1. The highest BCUT2D eigenvalue weighted by Gasteiger charge is 2.17. The summed E-state index contributed by atoms with van der Waals surface area (Å²) in [6.07, 6.45) is 1.27. The summed E-state index contributed by atoms with van der Waals surface area (Å²) in [6, 6.07) is 7.60. The van der Waals surface area contributed by atoms with E-state index in [0.29, 0.717) is 0 Å². The van der Waals surface area contributed by atoms with E-state index in [0.717, 1.165) is 12.2 Å². The largest absolute Gasteiger partial charge is 0.305 e. The van der Waals surface area contributed by atoms with Crippen LogP contribution in [0.3, 0.4) is 0 Å². The van der Waals surface area contributed by atoms with Crippen molar-refractivity contribution in [2.45, 2.75) is 33.7 Å². The lowest BCUT2D eigenvalue weighted by atomic mass is 9.94. The highest BCUT2D eigenvalue weighted by Crippen LogP contribution is 2.26. The highest BCUT2D eigenvalue weighted by atomic mass is 19.1. The monoisotopic (exact) mass is 272 g/mol. The van der Waals surface area contributed by atoms with Gasteiger partial charge in [-0.3, -0.25) is 4.98 Å². The normalized spacial score (nSPS) is 12.4. The van der Waals surface area contributed by atoms with Gasteiger partial charge in [0.1, 0.15) is 5.82 Å². The summed E-state index contributed by atoms with van der Waals surface area (Å²) in [7, 11) is 0. The maximum atomic E-state index is 13.1. The first kappa shape index (κ1) is 14.7. The molecule has 0 spiro atoms. The molecule has 2 aromatic rings. The van der Waals surface area contributed by atoms with Gasteiger partial charge in [0.05, 0.1) is 17.9 Å². The van der Waals surface area contributed by atoms with Crippen molar-refractivity contribution >= 4 is 0 Å². The van der Waals surface area contributed by atoms with Crippen LogP contribution in [0.4, 0.5) is 4.39 Å². The molecule has 0 amide bonds. The van der Waals surface area contributed by atoms with Crippen molar-refractivity contribution in [2.75, 3.05) is 6.54 Å². The number of rotatable bonds is 4. The van der Waals surface area contributed by atoms with Gasteiger partial charge in [0.25, 0.3) is 0 Å². The molecule has 1 atom stereocenters. The van der Waals surface area contributed by atoms with Gasteiger partial charge in [-0.25, -0.2) is 4.39 Å². The van der Waals surface area contributed by atoms with Crippen LogP contribution < -0.4 is 5.32 Å². The minimum atomic E-state index is -0.305. The Bertz CT molecular complexity index is 591. The molecule has 1 aromatic heterocycles. The molecule has 0 saturated heterocycles. The molecular formula is C17H21FN2. The molecule has 0 aliphatic carbocycles. The Morgan fingerprint density at radius 3 is 2.40 bits per heavy atom. The molecule has 0 aliphatic heterocycles. The summed E-state index contributed by atoms with van der Waals surface area (Å²) >= 11 is 0. The zero-order valence-corrected chi connectivity index (χ0v) is 12.5. The fourth-order valence-electron chi connectivity index (χ4n) is 2.43. The van der Waals surface area contributed by atoms with Crippen molar-refractivity contribution in [1.82, 2.24) is 10.3 Å². The molecule has 0 aliphatic rings. The Labute approximate surface area is 120 Å². The number of aromatic nitrogens is 1. The third-order valence-electron chi connectivity index (χ3n) is 3.65. The smallest absolute Gasteiger partial charge is 0.141 e. The predicted octanol–water partition coefficient (Wildman–Crippen LogP) is 3.84. The summed E-state index contributed by atoms with van der Waals surface area (Å²) in [5, 5.41) is 3.44. The van der Waals surface area contributed by atoms with Gasteiger partial charge in [-0.2, -0.15) is 0 Å². The van der Waals surface area contributed by atoms with Crippen LogP contribution in [0, 0.1) is 26.6 Å². The average molecular weight is 272 g/mol. The Balaban J connectivity index is 2.48. The maximum Gasteiger partial charge on any atom is 0.141 e. The molecule has 0 bridgehead atoms. The van der Waals surface area contributed by atoms with E-state index < -0.39 is 0 Å². The topological polar surface area (TPSA) is 24.9 Å². The number of hydrogen-bond acceptors (Lipinski definition) is 2. The van der Waals surface area contributed by atoms with Gasteiger partial charge in [-0.15, -0.1) is 0 Å². The van der Waals surface area contributed by atoms with Gasteiger partial charge in [0.2, 0.25) is 0 Å². The molecule has 3 heteroatoms. The van der Waals surface area contributed by atoms with E-state index >= 15 is 0 Å². The molecule has 1 N–H and O–H groups in total. The second-order valence-corrected chi connectivity index (χ2v) is 5.19. The van der Waals surface area contributed by atoms with Gasteiger partial charge >= 0.3 is 0 Å². The van der Waals surface area contributed by atoms with Crippen LogP contribution in [0.1, 0.15) is 40.9 Å². The molecule has 1 unspecified atom stereocenters. The van der Waals surface area contributed by atoms with Crippen LogP contribution >= 0.6 is 0 Å². The molecule has 1 heterocycles. The zero-order valence-electron chi connectivity index (χ0n) is 12.5. The molecule has 0 saturated carbocycles. The first-order chi connectivity index (χ1) is 9.52. The number of pyridine rings is 1. The fourth-order valence-corrected chi connectivity index (χ4v) is 2.43. The number of nitrogens with one attached hydrogen (secondary N) is 1. The molecule has 20 heavy (non-hydrogen) atoms. The third kappa shape index (κ3) is 3.05. The number of nitrogens with zero attached hydrogens (tertiary/aromatic N) is 1. The molecule has 106 valence electrons. The van der Waals surface area contributed by atoms with E-state index in [2.05, 4.69) is 50.1 Å². The lowest BCUT2D eigenvalue weighted by molar-refractivity contribution is 0.593. The Kier molecular flexibility index (Phi) is 4.50. The van der Waals surface area contributed by atoms with Gasteiger partial charge < -0.3 is 5.32 Å². The van der Waals surface area contributed by atoms with Crippen molar-refractivity contribution in [3.8, 4) is 0 Å². The minimum Gasteiger partial charge on any atom is -0.305 e. The van der Waals surface area contributed by atoms with E-state index in [4.69, 9.17) is 0 Å². The summed E-state index contributed by atoms with van der Waals surface area (Å²) in [5.41, 5.74) is 5.82. The number of hydrogen-bond donors (Lipinski definition) is 1. The number of halogens is 1. The van der Waals surface area contributed by atoms with Crippen LogP contribution in [0.25, 0.3) is 0 Å². The second-order valence-electron chi connectivity index (χ2n) is 5.19. The third-order valence-corrected chi connectivity index (χ3v) is 3.65. The SMILES string of the molecule is CCNC(c1ccc(F)cn1)c1cc(C)c(C)cc1C. The predicted molar refractivity (Wildman–Crippen MR) is 80.4 cm³/mol. The van der Waals surface area contributed by atoms with Gasteiger partial charge in [-0.05, 0) is 61.7 Å². The van der Waals surface area contributed by atoms with Crippen LogP contribution in [0.5, 0.6) is 0 Å². The first-order valence-electron chi connectivity index (χ1n) is 6.95. The second kappa shape index (κ2) is 6.14. The van der Waals surface area contributed by atoms with E-state index in [-0.39, 0.29) is 11.9 Å². The molecule has 0 fully saturated rings. The van der Waals surface area contributed by atoms with E-state index in [9.17, 15) is 4.39 Å². The van der Waals surface area contributed by atoms with E-state index in [1.165, 1.54) is 34.5 Å². The number of aryl methyl sites for hydroxylation is 3. The van der Waals surface area contributed by atoms with Gasteiger partial charge in [0.15, 0.2) is 0 Å². The fraction of sp³-hybridized carbons (Fsp3) is 0.353. The van der Waals surface area contributed by atoms with E-state index in [1.54, 1.807) is 6.07 Å². The first-order valence-corrected chi connectivity index (χ1v) is 6.95. The maximum absolute atomic E-state index is 13.1. The minimum absolute atomic E-state index is 0.0000926. The summed E-state index contributed by atoms with van der Waals surface area (Å²) < 4.78 is 13.1. The summed E-state index contributed by atoms with van der Waals surface area (Å²) in [5.74, 6) is -0.305. The quantitative estimate of drug-likeness (QED) is 0.914. The Hall–Kier alpha value is -1.74. The molecule has 2 rings (SSSR count). The molecular weight excluding hydrogens is 251 g/mol. The van der Waals surface area contributed by atoms with Crippen molar-refractivity contribution in [1.29, 1.82) is 0 Å². The lowest BCUT2D eigenvalue weighted by Gasteiger charge is -2.21. The van der Waals surface area contributed by atoms with Crippen LogP contribution in [0.2, 0.25) is 0 Å². The zero-order chi connectivity index (χ0) is 14.7. The van der Waals surface area contributed by atoms with E-state index in [1.807, 2.05) is 0 Å².